The lowest BCUT2D eigenvalue weighted by Crippen LogP contribution is -2.31. The first-order chi connectivity index (χ1) is 11.6. The second-order valence-electron chi connectivity index (χ2n) is 5.14. The highest BCUT2D eigenvalue weighted by molar-refractivity contribution is 6.63. The summed E-state index contributed by atoms with van der Waals surface area (Å²) in [4.78, 5) is 24.9. The summed E-state index contributed by atoms with van der Waals surface area (Å²) in [5, 5.41) is -0.450. The molecule has 2 aromatic rings. The molecule has 1 amide bonds. The maximum atomic E-state index is 12.4. The Bertz CT molecular complexity index is 716. The van der Waals surface area contributed by atoms with Crippen molar-refractivity contribution >= 4 is 28.6 Å². The Labute approximate surface area is 146 Å². The van der Waals surface area contributed by atoms with E-state index in [1.807, 2.05) is 30.3 Å². The highest BCUT2D eigenvalue weighted by Gasteiger charge is 2.16. The topological polar surface area (TPSA) is 46.6 Å². The molecule has 0 aliphatic carbocycles. The van der Waals surface area contributed by atoms with Crippen molar-refractivity contribution in [2.45, 2.75) is 13.0 Å². The predicted molar refractivity (Wildman–Crippen MR) is 95.2 cm³/mol. The number of halogens is 1. The summed E-state index contributed by atoms with van der Waals surface area (Å²) < 4.78 is 5.36. The standard InChI is InChI=1S/C19H18ClNO3/c1-2-11-21(17-10-6-9-16(12-17)13-18(20)22)19(23)24-14-15-7-4-3-5-8-15/h2-10,12H,1,11,13-14H2. The highest BCUT2D eigenvalue weighted by Crippen LogP contribution is 2.19. The number of ether oxygens (including phenoxy) is 1. The van der Waals surface area contributed by atoms with Crippen LogP contribution in [-0.2, 0) is 22.6 Å². The van der Waals surface area contributed by atoms with Crippen LogP contribution in [0.4, 0.5) is 10.5 Å². The molecule has 0 aliphatic rings. The van der Waals surface area contributed by atoms with Crippen LogP contribution >= 0.6 is 11.6 Å². The lowest BCUT2D eigenvalue weighted by atomic mass is 10.1. The third kappa shape index (κ3) is 5.25. The Balaban J connectivity index is 2.11. The van der Waals surface area contributed by atoms with Gasteiger partial charge in [-0.05, 0) is 34.9 Å². The van der Waals surface area contributed by atoms with Crippen LogP contribution in [0.15, 0.2) is 67.3 Å². The fourth-order valence-corrected chi connectivity index (χ4v) is 2.36. The van der Waals surface area contributed by atoms with Gasteiger partial charge in [-0.1, -0.05) is 48.5 Å². The summed E-state index contributed by atoms with van der Waals surface area (Å²) in [6.45, 7) is 4.16. The molecule has 0 N–H and O–H groups in total. The molecule has 0 saturated carbocycles. The van der Waals surface area contributed by atoms with Gasteiger partial charge in [-0.3, -0.25) is 9.69 Å². The minimum Gasteiger partial charge on any atom is -0.444 e. The molecule has 2 aromatic carbocycles. The second-order valence-corrected chi connectivity index (χ2v) is 5.56. The van der Waals surface area contributed by atoms with Gasteiger partial charge in [0, 0.05) is 18.7 Å². The van der Waals surface area contributed by atoms with Gasteiger partial charge in [0.05, 0.1) is 0 Å². The predicted octanol–water partition coefficient (Wildman–Crippen LogP) is 4.32. The number of benzene rings is 2. The van der Waals surface area contributed by atoms with Gasteiger partial charge in [-0.2, -0.15) is 0 Å². The first-order valence-electron chi connectivity index (χ1n) is 7.46. The summed E-state index contributed by atoms with van der Waals surface area (Å²) in [6, 6.07) is 16.5. The Morgan fingerprint density at radius 1 is 1.08 bits per heavy atom. The van der Waals surface area contributed by atoms with Gasteiger partial charge < -0.3 is 4.74 Å². The van der Waals surface area contributed by atoms with E-state index in [1.165, 1.54) is 4.90 Å². The lowest BCUT2D eigenvalue weighted by molar-refractivity contribution is -0.111. The van der Waals surface area contributed by atoms with Gasteiger partial charge >= 0.3 is 6.09 Å². The number of carbonyl (C=O) groups excluding carboxylic acids is 2. The molecular formula is C19H18ClNO3. The number of amides is 1. The number of hydrogen-bond acceptors (Lipinski definition) is 3. The molecule has 0 aromatic heterocycles. The van der Waals surface area contributed by atoms with Crippen molar-refractivity contribution in [1.29, 1.82) is 0 Å². The number of carbonyl (C=O) groups is 2. The average Bonchev–Trinajstić information content (AvgIpc) is 2.58. The van der Waals surface area contributed by atoms with E-state index >= 15 is 0 Å². The SMILES string of the molecule is C=CCN(C(=O)OCc1ccccc1)c1cccc(CC(=O)Cl)c1. The second kappa shape index (κ2) is 8.89. The smallest absolute Gasteiger partial charge is 0.414 e. The maximum Gasteiger partial charge on any atom is 0.414 e. The molecule has 0 unspecified atom stereocenters. The van der Waals surface area contributed by atoms with Gasteiger partial charge in [0.25, 0.3) is 0 Å². The number of anilines is 1. The van der Waals surface area contributed by atoms with Crippen LogP contribution in [-0.4, -0.2) is 17.9 Å². The Morgan fingerprint density at radius 3 is 2.46 bits per heavy atom. The number of rotatable bonds is 7. The molecule has 0 atom stereocenters. The molecule has 0 radical (unpaired) electrons. The third-order valence-electron chi connectivity index (χ3n) is 3.30. The van der Waals surface area contributed by atoms with Crippen LogP contribution in [0.5, 0.6) is 0 Å². The zero-order chi connectivity index (χ0) is 17.4. The van der Waals surface area contributed by atoms with E-state index in [1.54, 1.807) is 30.3 Å². The monoisotopic (exact) mass is 343 g/mol. The molecule has 0 fully saturated rings. The van der Waals surface area contributed by atoms with Crippen molar-refractivity contribution in [3.05, 3.63) is 78.4 Å². The molecule has 24 heavy (non-hydrogen) atoms. The fraction of sp³-hybridized carbons (Fsp3) is 0.158. The van der Waals surface area contributed by atoms with E-state index in [0.29, 0.717) is 12.2 Å². The van der Waals surface area contributed by atoms with Crippen molar-refractivity contribution in [2.75, 3.05) is 11.4 Å². The van der Waals surface area contributed by atoms with Crippen molar-refractivity contribution in [3.8, 4) is 0 Å². The highest BCUT2D eigenvalue weighted by atomic mass is 35.5. The minimum absolute atomic E-state index is 0.108. The summed E-state index contributed by atoms with van der Waals surface area (Å²) in [7, 11) is 0. The zero-order valence-corrected chi connectivity index (χ0v) is 13.9. The van der Waals surface area contributed by atoms with Crippen molar-refractivity contribution in [1.82, 2.24) is 0 Å². The Morgan fingerprint density at radius 2 is 1.79 bits per heavy atom. The Hall–Kier alpha value is -2.59. The normalized spacial score (nSPS) is 10.0. The van der Waals surface area contributed by atoms with Gasteiger partial charge in [0.15, 0.2) is 0 Å². The van der Waals surface area contributed by atoms with Crippen molar-refractivity contribution < 1.29 is 14.3 Å². The first kappa shape index (κ1) is 17.8. The molecule has 0 aliphatic heterocycles. The quantitative estimate of drug-likeness (QED) is 0.555. The van der Waals surface area contributed by atoms with E-state index in [9.17, 15) is 9.59 Å². The van der Waals surface area contributed by atoms with E-state index in [0.717, 1.165) is 11.1 Å². The van der Waals surface area contributed by atoms with Gasteiger partial charge in [0.2, 0.25) is 5.24 Å². The average molecular weight is 344 g/mol. The van der Waals surface area contributed by atoms with Crippen LogP contribution in [0, 0.1) is 0 Å². The summed E-state index contributed by atoms with van der Waals surface area (Å²) in [6.07, 6.45) is 1.24. The first-order valence-corrected chi connectivity index (χ1v) is 7.84. The van der Waals surface area contributed by atoms with E-state index in [-0.39, 0.29) is 13.0 Å². The van der Waals surface area contributed by atoms with Crippen molar-refractivity contribution in [2.24, 2.45) is 0 Å². The van der Waals surface area contributed by atoms with Crippen LogP contribution < -0.4 is 4.90 Å². The largest absolute Gasteiger partial charge is 0.444 e. The fourth-order valence-electron chi connectivity index (χ4n) is 2.21. The molecule has 124 valence electrons. The van der Waals surface area contributed by atoms with Crippen LogP contribution in [0.3, 0.4) is 0 Å². The van der Waals surface area contributed by atoms with Gasteiger partial charge in [0.1, 0.15) is 6.61 Å². The molecule has 0 heterocycles. The van der Waals surface area contributed by atoms with Gasteiger partial charge in [-0.15, -0.1) is 6.58 Å². The molecule has 0 bridgehead atoms. The van der Waals surface area contributed by atoms with E-state index < -0.39 is 11.3 Å². The van der Waals surface area contributed by atoms with Crippen molar-refractivity contribution in [3.63, 3.8) is 0 Å². The zero-order valence-electron chi connectivity index (χ0n) is 13.2. The number of nitrogens with zero attached hydrogens (tertiary/aromatic N) is 1. The summed E-state index contributed by atoms with van der Waals surface area (Å²) in [5.74, 6) is 0. The molecule has 2 rings (SSSR count). The maximum absolute atomic E-state index is 12.4. The van der Waals surface area contributed by atoms with Crippen LogP contribution in [0.1, 0.15) is 11.1 Å². The summed E-state index contributed by atoms with van der Waals surface area (Å²) in [5.41, 5.74) is 2.27. The Kier molecular flexibility index (Phi) is 6.58. The van der Waals surface area contributed by atoms with Gasteiger partial charge in [-0.25, -0.2) is 4.79 Å². The van der Waals surface area contributed by atoms with Crippen LogP contribution in [0.2, 0.25) is 0 Å². The minimum atomic E-state index is -0.479. The summed E-state index contributed by atoms with van der Waals surface area (Å²) >= 11 is 5.43. The molecule has 0 spiro atoms. The number of hydrogen-bond donors (Lipinski definition) is 0. The lowest BCUT2D eigenvalue weighted by Gasteiger charge is -2.21. The van der Waals surface area contributed by atoms with E-state index in [2.05, 4.69) is 6.58 Å². The molecule has 5 heteroatoms. The molecular weight excluding hydrogens is 326 g/mol. The van der Waals surface area contributed by atoms with Crippen LogP contribution in [0.25, 0.3) is 0 Å². The molecule has 0 saturated heterocycles. The van der Waals surface area contributed by atoms with E-state index in [4.69, 9.17) is 16.3 Å². The third-order valence-corrected chi connectivity index (χ3v) is 3.44. The molecule has 4 nitrogen and oxygen atoms in total.